The second kappa shape index (κ2) is 11.4. The minimum Gasteiger partial charge on any atom is -0.469 e. The van der Waals surface area contributed by atoms with Gasteiger partial charge in [0, 0.05) is 23.5 Å². The van der Waals surface area contributed by atoms with Crippen LogP contribution in [0.15, 0.2) is 48.5 Å². The number of benzene rings is 2. The number of hydrogen-bond acceptors (Lipinski definition) is 3. The number of ether oxygens (including phenoxy) is 1. The number of carbonyl (C=O) groups is 1. The van der Waals surface area contributed by atoms with E-state index in [-0.39, 0.29) is 24.0 Å². The smallest absolute Gasteiger partial charge is 0.416 e. The highest BCUT2D eigenvalue weighted by Crippen LogP contribution is 2.43. The molecule has 0 aliphatic carbocycles. The van der Waals surface area contributed by atoms with Crippen LogP contribution in [0.25, 0.3) is 0 Å². The molecule has 0 unspecified atom stereocenters. The van der Waals surface area contributed by atoms with Crippen molar-refractivity contribution >= 4 is 17.6 Å². The summed E-state index contributed by atoms with van der Waals surface area (Å²) >= 11 is 6.11. The van der Waals surface area contributed by atoms with Crippen LogP contribution in [-0.2, 0) is 15.7 Å². The van der Waals surface area contributed by atoms with Crippen LogP contribution in [0.3, 0.4) is 0 Å². The van der Waals surface area contributed by atoms with Gasteiger partial charge in [0.05, 0.1) is 12.7 Å². The number of alkyl halides is 3. The zero-order chi connectivity index (χ0) is 24.0. The van der Waals surface area contributed by atoms with E-state index in [0.29, 0.717) is 17.9 Å². The Balaban J connectivity index is 1.95. The van der Waals surface area contributed by atoms with Crippen molar-refractivity contribution < 1.29 is 22.7 Å². The first-order valence-corrected chi connectivity index (χ1v) is 11.9. The topological polar surface area (TPSA) is 29.5 Å². The Morgan fingerprint density at radius 1 is 1.15 bits per heavy atom. The summed E-state index contributed by atoms with van der Waals surface area (Å²) in [6.45, 7) is 2.90. The van der Waals surface area contributed by atoms with Gasteiger partial charge in [-0.25, -0.2) is 0 Å². The normalized spacial score (nSPS) is 20.4. The van der Waals surface area contributed by atoms with Gasteiger partial charge < -0.3 is 4.74 Å². The molecule has 0 spiro atoms. The van der Waals surface area contributed by atoms with Crippen LogP contribution in [0.5, 0.6) is 0 Å². The summed E-state index contributed by atoms with van der Waals surface area (Å²) in [5, 5.41) is 0.670. The number of piperidine rings is 1. The van der Waals surface area contributed by atoms with Crippen LogP contribution >= 0.6 is 11.6 Å². The molecule has 3 atom stereocenters. The molecule has 0 bridgehead atoms. The van der Waals surface area contributed by atoms with Crippen molar-refractivity contribution in [2.75, 3.05) is 13.7 Å². The van der Waals surface area contributed by atoms with Crippen molar-refractivity contribution in [3.8, 4) is 0 Å². The van der Waals surface area contributed by atoms with E-state index in [1.165, 1.54) is 7.11 Å². The van der Waals surface area contributed by atoms with E-state index in [2.05, 4.69) is 11.8 Å². The van der Waals surface area contributed by atoms with E-state index in [1.54, 1.807) is 12.1 Å². The standard InChI is InChI=1S/C26H31ClF3NO2/c1-3-4-5-23(19-8-12-22(27)13-9-19)31-15-14-18(17-25(32)33-2)16-24(31)20-6-10-21(11-7-20)26(28,29)30/h6-13,18,23-24H,3-5,14-17H2,1-2H3/t18-,23-,24+/m1/s1. The van der Waals surface area contributed by atoms with E-state index < -0.39 is 11.7 Å². The molecule has 0 aromatic heterocycles. The average Bonchev–Trinajstić information content (AvgIpc) is 2.80. The van der Waals surface area contributed by atoms with Gasteiger partial charge in [-0.15, -0.1) is 0 Å². The van der Waals surface area contributed by atoms with E-state index in [0.717, 1.165) is 55.5 Å². The summed E-state index contributed by atoms with van der Waals surface area (Å²) < 4.78 is 44.3. The van der Waals surface area contributed by atoms with E-state index >= 15 is 0 Å². The number of carbonyl (C=O) groups excluding carboxylic acids is 1. The molecule has 3 rings (SSSR count). The zero-order valence-electron chi connectivity index (χ0n) is 19.1. The number of nitrogens with zero attached hydrogens (tertiary/aromatic N) is 1. The minimum absolute atomic E-state index is 0.0896. The SMILES string of the molecule is CCCC[C@H](c1ccc(Cl)cc1)N1CC[C@@H](CC(=O)OC)C[C@H]1c1ccc(C(F)(F)F)cc1. The van der Waals surface area contributed by atoms with Crippen LogP contribution in [-0.4, -0.2) is 24.5 Å². The summed E-state index contributed by atoms with van der Waals surface area (Å²) in [5.74, 6) is -0.127. The molecule has 2 aromatic rings. The maximum atomic E-state index is 13.1. The number of methoxy groups -OCH3 is 1. The predicted octanol–water partition coefficient (Wildman–Crippen LogP) is 7.61. The van der Waals surface area contributed by atoms with Crippen LogP contribution in [0.2, 0.25) is 5.02 Å². The number of halogens is 4. The molecule has 180 valence electrons. The van der Waals surface area contributed by atoms with Crippen LogP contribution in [0.4, 0.5) is 13.2 Å². The van der Waals surface area contributed by atoms with Gasteiger partial charge in [0.2, 0.25) is 0 Å². The third-order valence-electron chi connectivity index (χ3n) is 6.54. The number of esters is 1. The molecule has 33 heavy (non-hydrogen) atoms. The molecular formula is C26H31ClF3NO2. The van der Waals surface area contributed by atoms with Crippen molar-refractivity contribution in [2.24, 2.45) is 5.92 Å². The lowest BCUT2D eigenvalue weighted by atomic mass is 9.82. The second-order valence-electron chi connectivity index (χ2n) is 8.75. The summed E-state index contributed by atoms with van der Waals surface area (Å²) in [4.78, 5) is 14.3. The maximum absolute atomic E-state index is 13.1. The van der Waals surface area contributed by atoms with Crippen molar-refractivity contribution in [1.82, 2.24) is 4.90 Å². The highest BCUT2D eigenvalue weighted by atomic mass is 35.5. The van der Waals surface area contributed by atoms with Gasteiger partial charge in [0.25, 0.3) is 0 Å². The third-order valence-corrected chi connectivity index (χ3v) is 6.80. The molecule has 1 fully saturated rings. The molecule has 3 nitrogen and oxygen atoms in total. The molecule has 0 amide bonds. The third kappa shape index (κ3) is 6.73. The largest absolute Gasteiger partial charge is 0.469 e. The average molecular weight is 482 g/mol. The Labute approximate surface area is 198 Å². The molecule has 1 saturated heterocycles. The lowest BCUT2D eigenvalue weighted by Gasteiger charge is -2.44. The van der Waals surface area contributed by atoms with Gasteiger partial charge in [-0.2, -0.15) is 13.2 Å². The summed E-state index contributed by atoms with van der Waals surface area (Å²) in [6.07, 6.45) is 0.506. The van der Waals surface area contributed by atoms with Gasteiger partial charge in [-0.1, -0.05) is 55.6 Å². The van der Waals surface area contributed by atoms with E-state index in [9.17, 15) is 18.0 Å². The van der Waals surface area contributed by atoms with Gasteiger partial charge in [0.15, 0.2) is 0 Å². The van der Waals surface area contributed by atoms with Crippen LogP contribution in [0.1, 0.15) is 74.2 Å². The van der Waals surface area contributed by atoms with Gasteiger partial charge in [-0.3, -0.25) is 9.69 Å². The molecule has 0 N–H and O–H groups in total. The van der Waals surface area contributed by atoms with Crippen molar-refractivity contribution in [2.45, 2.75) is 63.7 Å². The first-order chi connectivity index (χ1) is 15.7. The fourth-order valence-corrected chi connectivity index (χ4v) is 4.89. The predicted molar refractivity (Wildman–Crippen MR) is 124 cm³/mol. The summed E-state index contributed by atoms with van der Waals surface area (Å²) in [7, 11) is 1.38. The lowest BCUT2D eigenvalue weighted by molar-refractivity contribution is -0.142. The molecule has 1 heterocycles. The molecule has 1 aliphatic rings. The molecule has 0 saturated carbocycles. The van der Waals surface area contributed by atoms with Gasteiger partial charge >= 0.3 is 12.1 Å². The van der Waals surface area contributed by atoms with Crippen molar-refractivity contribution in [3.63, 3.8) is 0 Å². The lowest BCUT2D eigenvalue weighted by Crippen LogP contribution is -2.40. The maximum Gasteiger partial charge on any atom is 0.416 e. The quantitative estimate of drug-likeness (QED) is 0.363. The van der Waals surface area contributed by atoms with Crippen LogP contribution in [0, 0.1) is 5.92 Å². The Bertz CT molecular complexity index is 899. The Hall–Kier alpha value is -2.05. The van der Waals surface area contributed by atoms with E-state index in [1.807, 2.05) is 24.3 Å². The molecule has 1 aliphatic heterocycles. The Kier molecular flexibility index (Phi) is 8.82. The molecule has 2 aromatic carbocycles. The summed E-state index contributed by atoms with van der Waals surface area (Å²) in [5.41, 5.74) is 1.34. The van der Waals surface area contributed by atoms with Crippen LogP contribution < -0.4 is 0 Å². The molecular weight excluding hydrogens is 451 g/mol. The molecule has 7 heteroatoms. The summed E-state index contributed by atoms with van der Waals surface area (Å²) in [6, 6.07) is 13.3. The van der Waals surface area contributed by atoms with Crippen molar-refractivity contribution in [3.05, 3.63) is 70.2 Å². The highest BCUT2D eigenvalue weighted by molar-refractivity contribution is 6.30. The first-order valence-electron chi connectivity index (χ1n) is 11.5. The Morgan fingerprint density at radius 2 is 1.82 bits per heavy atom. The van der Waals surface area contributed by atoms with E-state index in [4.69, 9.17) is 16.3 Å². The Morgan fingerprint density at radius 3 is 2.39 bits per heavy atom. The fourth-order valence-electron chi connectivity index (χ4n) is 4.76. The zero-order valence-corrected chi connectivity index (χ0v) is 19.8. The number of hydrogen-bond donors (Lipinski definition) is 0. The van der Waals surface area contributed by atoms with Gasteiger partial charge in [-0.05, 0) is 67.1 Å². The highest BCUT2D eigenvalue weighted by Gasteiger charge is 2.36. The number of likely N-dealkylation sites (tertiary alicyclic amines) is 1. The fraction of sp³-hybridized carbons (Fsp3) is 0.500. The number of unbranched alkanes of at least 4 members (excludes halogenated alkanes) is 1. The van der Waals surface area contributed by atoms with Crippen molar-refractivity contribution in [1.29, 1.82) is 0 Å². The first kappa shape index (κ1) is 25.6. The second-order valence-corrected chi connectivity index (χ2v) is 9.19. The number of rotatable bonds is 8. The monoisotopic (exact) mass is 481 g/mol. The minimum atomic E-state index is -4.37. The molecule has 0 radical (unpaired) electrons. The van der Waals surface area contributed by atoms with Gasteiger partial charge in [0.1, 0.15) is 0 Å².